The van der Waals surface area contributed by atoms with Crippen LogP contribution in [-0.2, 0) is 4.74 Å². The first kappa shape index (κ1) is 13.9. The summed E-state index contributed by atoms with van der Waals surface area (Å²) in [6.07, 6.45) is 0.581. The molecule has 2 unspecified atom stereocenters. The topological polar surface area (TPSA) is 45.5 Å². The molecule has 0 amide bonds. The summed E-state index contributed by atoms with van der Waals surface area (Å²) in [5.74, 6) is 0.813. The van der Waals surface area contributed by atoms with Gasteiger partial charge in [0.05, 0.1) is 23.8 Å². The molecule has 0 aromatic heterocycles. The monoisotopic (exact) mass is 260 g/mol. The van der Waals surface area contributed by atoms with E-state index in [2.05, 4.69) is 24.8 Å². The van der Waals surface area contributed by atoms with Gasteiger partial charge in [0, 0.05) is 19.6 Å². The average Bonchev–Trinajstić information content (AvgIpc) is 2.38. The second-order valence-electron chi connectivity index (χ2n) is 5.00. The molecule has 0 saturated carbocycles. The Morgan fingerprint density at radius 1 is 1.26 bits per heavy atom. The zero-order valence-electron chi connectivity index (χ0n) is 11.5. The van der Waals surface area contributed by atoms with Crippen LogP contribution in [-0.4, -0.2) is 43.3 Å². The molecule has 1 aromatic rings. The minimum absolute atomic E-state index is 0.290. The van der Waals surface area contributed by atoms with Crippen LogP contribution in [0.4, 0.5) is 0 Å². The first-order valence-corrected chi connectivity index (χ1v) is 6.68. The molecule has 1 aliphatic heterocycles. The normalized spacial score (nSPS) is 23.8. The second-order valence-corrected chi connectivity index (χ2v) is 5.00. The zero-order valence-corrected chi connectivity index (χ0v) is 11.5. The van der Waals surface area contributed by atoms with Crippen molar-refractivity contribution in [3.05, 3.63) is 29.8 Å². The molecule has 0 bridgehead atoms. The largest absolute Gasteiger partial charge is 0.492 e. The molecule has 19 heavy (non-hydrogen) atoms. The molecule has 1 aliphatic rings. The molecule has 1 saturated heterocycles. The van der Waals surface area contributed by atoms with Crippen molar-refractivity contribution in [3.63, 3.8) is 0 Å². The van der Waals surface area contributed by atoms with Crippen LogP contribution in [0, 0.1) is 11.3 Å². The highest BCUT2D eigenvalue weighted by molar-refractivity contribution is 5.34. The van der Waals surface area contributed by atoms with Crippen molar-refractivity contribution in [2.45, 2.75) is 26.1 Å². The maximum absolute atomic E-state index is 8.72. The van der Waals surface area contributed by atoms with Crippen molar-refractivity contribution < 1.29 is 9.47 Å². The lowest BCUT2D eigenvalue weighted by atomic mass is 10.2. The van der Waals surface area contributed by atoms with Crippen molar-refractivity contribution in [1.29, 1.82) is 5.26 Å². The Kier molecular flexibility index (Phi) is 4.78. The summed E-state index contributed by atoms with van der Waals surface area (Å²) in [5, 5.41) is 8.72. The fourth-order valence-corrected chi connectivity index (χ4v) is 2.39. The minimum atomic E-state index is 0.290. The van der Waals surface area contributed by atoms with Gasteiger partial charge in [-0.2, -0.15) is 5.26 Å². The molecule has 102 valence electrons. The van der Waals surface area contributed by atoms with Crippen molar-refractivity contribution in [2.24, 2.45) is 0 Å². The number of hydrogen-bond donors (Lipinski definition) is 0. The molecule has 2 atom stereocenters. The van der Waals surface area contributed by atoms with Crippen LogP contribution in [0.2, 0.25) is 0 Å². The third-order valence-corrected chi connectivity index (χ3v) is 3.15. The van der Waals surface area contributed by atoms with Crippen LogP contribution >= 0.6 is 0 Å². The van der Waals surface area contributed by atoms with Gasteiger partial charge in [-0.05, 0) is 38.1 Å². The SMILES string of the molecule is CC1CN(CCOc2ccc(C#N)cc2)CC(C)O1. The van der Waals surface area contributed by atoms with Crippen LogP contribution in [0.5, 0.6) is 5.75 Å². The zero-order chi connectivity index (χ0) is 13.7. The second kappa shape index (κ2) is 6.55. The number of hydrogen-bond acceptors (Lipinski definition) is 4. The van der Waals surface area contributed by atoms with E-state index in [0.29, 0.717) is 24.4 Å². The van der Waals surface area contributed by atoms with Gasteiger partial charge in [0.2, 0.25) is 0 Å². The highest BCUT2D eigenvalue weighted by Crippen LogP contribution is 2.13. The molecule has 4 heteroatoms. The van der Waals surface area contributed by atoms with E-state index in [9.17, 15) is 0 Å². The quantitative estimate of drug-likeness (QED) is 0.831. The minimum Gasteiger partial charge on any atom is -0.492 e. The molecule has 1 aromatic carbocycles. The molecule has 0 aliphatic carbocycles. The lowest BCUT2D eigenvalue weighted by Gasteiger charge is -2.35. The summed E-state index contributed by atoms with van der Waals surface area (Å²) < 4.78 is 11.4. The first-order valence-electron chi connectivity index (χ1n) is 6.68. The van der Waals surface area contributed by atoms with Gasteiger partial charge < -0.3 is 9.47 Å². The number of nitrogens with zero attached hydrogens (tertiary/aromatic N) is 2. The molecule has 2 rings (SSSR count). The highest BCUT2D eigenvalue weighted by Gasteiger charge is 2.21. The van der Waals surface area contributed by atoms with Crippen molar-refractivity contribution in [1.82, 2.24) is 4.90 Å². The summed E-state index contributed by atoms with van der Waals surface area (Å²) in [7, 11) is 0. The number of benzene rings is 1. The van der Waals surface area contributed by atoms with E-state index in [1.54, 1.807) is 12.1 Å². The third-order valence-electron chi connectivity index (χ3n) is 3.15. The Bertz CT molecular complexity index is 428. The van der Waals surface area contributed by atoms with Crippen molar-refractivity contribution in [3.8, 4) is 11.8 Å². The van der Waals surface area contributed by atoms with Crippen LogP contribution in [0.3, 0.4) is 0 Å². The number of rotatable bonds is 4. The Labute approximate surface area is 114 Å². The number of ether oxygens (including phenoxy) is 2. The van der Waals surface area contributed by atoms with E-state index in [-0.39, 0.29) is 0 Å². The molecule has 1 heterocycles. The van der Waals surface area contributed by atoms with Crippen LogP contribution < -0.4 is 4.74 Å². The summed E-state index contributed by atoms with van der Waals surface area (Å²) in [6, 6.07) is 9.31. The van der Waals surface area contributed by atoms with Gasteiger partial charge in [-0.3, -0.25) is 4.90 Å². The van der Waals surface area contributed by atoms with E-state index in [1.807, 2.05) is 12.1 Å². The van der Waals surface area contributed by atoms with Crippen molar-refractivity contribution >= 4 is 0 Å². The molecule has 1 fully saturated rings. The fourth-order valence-electron chi connectivity index (χ4n) is 2.39. The Morgan fingerprint density at radius 2 is 1.89 bits per heavy atom. The van der Waals surface area contributed by atoms with E-state index < -0.39 is 0 Å². The lowest BCUT2D eigenvalue weighted by Crippen LogP contribution is -2.46. The van der Waals surface area contributed by atoms with Crippen LogP contribution in [0.1, 0.15) is 19.4 Å². The molecule has 0 spiro atoms. The molecule has 4 nitrogen and oxygen atoms in total. The molecule has 0 radical (unpaired) electrons. The predicted molar refractivity (Wildman–Crippen MR) is 73.1 cm³/mol. The summed E-state index contributed by atoms with van der Waals surface area (Å²) in [5.41, 5.74) is 0.656. The van der Waals surface area contributed by atoms with Gasteiger partial charge in [0.15, 0.2) is 0 Å². The number of nitriles is 1. The standard InChI is InChI=1S/C15H20N2O2/c1-12-10-17(11-13(2)19-12)7-8-18-15-5-3-14(9-16)4-6-15/h3-6,12-13H,7-8,10-11H2,1-2H3. The van der Waals surface area contributed by atoms with E-state index in [1.165, 1.54) is 0 Å². The van der Waals surface area contributed by atoms with Crippen LogP contribution in [0.15, 0.2) is 24.3 Å². The lowest BCUT2D eigenvalue weighted by molar-refractivity contribution is -0.0699. The maximum Gasteiger partial charge on any atom is 0.119 e. The van der Waals surface area contributed by atoms with Gasteiger partial charge in [-0.1, -0.05) is 0 Å². The van der Waals surface area contributed by atoms with Gasteiger partial charge in [0.25, 0.3) is 0 Å². The van der Waals surface area contributed by atoms with Gasteiger partial charge in [-0.25, -0.2) is 0 Å². The van der Waals surface area contributed by atoms with E-state index >= 15 is 0 Å². The fraction of sp³-hybridized carbons (Fsp3) is 0.533. The molecule has 0 N–H and O–H groups in total. The first-order chi connectivity index (χ1) is 9.17. The highest BCUT2D eigenvalue weighted by atomic mass is 16.5. The average molecular weight is 260 g/mol. The van der Waals surface area contributed by atoms with Gasteiger partial charge in [0.1, 0.15) is 12.4 Å². The molecular weight excluding hydrogens is 240 g/mol. The Morgan fingerprint density at radius 3 is 2.47 bits per heavy atom. The third kappa shape index (κ3) is 4.23. The van der Waals surface area contributed by atoms with Gasteiger partial charge >= 0.3 is 0 Å². The van der Waals surface area contributed by atoms with Crippen molar-refractivity contribution in [2.75, 3.05) is 26.2 Å². The maximum atomic E-state index is 8.72. The summed E-state index contributed by atoms with van der Waals surface area (Å²) in [4.78, 5) is 2.36. The predicted octanol–water partition coefficient (Wildman–Crippen LogP) is 2.05. The van der Waals surface area contributed by atoms with Crippen LogP contribution in [0.25, 0.3) is 0 Å². The number of morpholine rings is 1. The summed E-state index contributed by atoms with van der Waals surface area (Å²) >= 11 is 0. The van der Waals surface area contributed by atoms with E-state index in [0.717, 1.165) is 25.4 Å². The Hall–Kier alpha value is -1.57. The van der Waals surface area contributed by atoms with Gasteiger partial charge in [-0.15, -0.1) is 0 Å². The summed E-state index contributed by atoms with van der Waals surface area (Å²) in [6.45, 7) is 7.68. The smallest absolute Gasteiger partial charge is 0.119 e. The Balaban J connectivity index is 1.75. The van der Waals surface area contributed by atoms with E-state index in [4.69, 9.17) is 14.7 Å². The molecular formula is C15H20N2O2.